The Hall–Kier alpha value is -6.01. The van der Waals surface area contributed by atoms with E-state index in [1.54, 1.807) is 12.3 Å². The summed E-state index contributed by atoms with van der Waals surface area (Å²) < 4.78 is 52.3. The van der Waals surface area contributed by atoms with Crippen molar-refractivity contribution in [2.24, 2.45) is 0 Å². The molecular weight excluding hydrogens is 958 g/mol. The molecule has 0 fully saturated rings. The number of anilines is 4. The minimum atomic E-state index is -2.29. The van der Waals surface area contributed by atoms with Crippen LogP contribution in [0, 0.1) is 39.7 Å². The summed E-state index contributed by atoms with van der Waals surface area (Å²) in [5, 5.41) is 2.58. The van der Waals surface area contributed by atoms with Crippen LogP contribution in [0.3, 0.4) is 0 Å². The van der Waals surface area contributed by atoms with Gasteiger partial charge in [-0.05, 0) is 85.1 Å². The van der Waals surface area contributed by atoms with Gasteiger partial charge in [-0.25, -0.2) is 4.98 Å². The van der Waals surface area contributed by atoms with E-state index in [-0.39, 0.29) is 48.9 Å². The SMILES string of the molecule is [2H]C([2H])([2H])c1ccc2c3c1c1ccc[c-]c1c1nc4c(n13)C(C)(CC(C)(C)c1ccccc1-4)C2(C)C.[2H]C([2H])([2H])c1ccnc2c1N(c1ccccc1)B(c1c(C)cccc1C)N2c1[c-]cccc1.[Ir]. The van der Waals surface area contributed by atoms with Crippen molar-refractivity contribution >= 4 is 62.6 Å². The molecule has 64 heavy (non-hydrogen) atoms. The summed E-state index contributed by atoms with van der Waals surface area (Å²) in [6, 6.07) is 50.8. The average molecular weight is 1020 g/mol. The molecule has 1 radical (unpaired) electrons. The molecule has 1 atom stereocenters. The third-order valence-corrected chi connectivity index (χ3v) is 14.6. The summed E-state index contributed by atoms with van der Waals surface area (Å²) in [5.74, 6) is 0.614. The summed E-state index contributed by atoms with van der Waals surface area (Å²) in [4.78, 5) is 14.3. The molecule has 0 saturated heterocycles. The first-order valence-corrected chi connectivity index (χ1v) is 21.8. The fourth-order valence-corrected chi connectivity index (χ4v) is 11.4. The summed E-state index contributed by atoms with van der Waals surface area (Å²) in [5.41, 5.74) is 13.6. The molecule has 1 unspecified atom stereocenters. The number of aromatic nitrogens is 3. The van der Waals surface area contributed by atoms with Gasteiger partial charge in [-0.3, -0.25) is 4.98 Å². The standard InChI is InChI=1S/C31H29N2.C26H23BN3.Ir/c1-18-15-16-23-26-24(18)19-11-7-8-12-20(19)28-32-25-21-13-9-10-14-22(21)29(2,3)17-31(6,30(23,4)5)27(25)33(26)28;1-19-11-10-12-20(2)24(19)27-29(22-13-6-4-7-14-22)25-21(3)17-18-28-26(25)30(27)23-15-8-5-9-16-23;/h7-11,13-16H,17H2,1-6H3;4-15,17-18H,1-3H3;/q2*-1;/i1D3;3D3;. The number of para-hydroxylation sites is 2. The van der Waals surface area contributed by atoms with Crippen LogP contribution in [0.25, 0.3) is 38.6 Å². The number of rotatable bonds is 3. The molecule has 319 valence electrons. The van der Waals surface area contributed by atoms with Crippen LogP contribution in [0.15, 0.2) is 140 Å². The second kappa shape index (κ2) is 15.0. The van der Waals surface area contributed by atoms with Crippen LogP contribution >= 0.6 is 0 Å². The van der Waals surface area contributed by atoms with Gasteiger partial charge in [0.05, 0.1) is 17.0 Å². The van der Waals surface area contributed by atoms with Crippen molar-refractivity contribution in [2.75, 3.05) is 9.62 Å². The van der Waals surface area contributed by atoms with Gasteiger partial charge < -0.3 is 14.0 Å². The van der Waals surface area contributed by atoms with Crippen molar-refractivity contribution in [3.05, 3.63) is 191 Å². The van der Waals surface area contributed by atoms with E-state index in [1.807, 2.05) is 84.9 Å². The Morgan fingerprint density at radius 3 is 2.17 bits per heavy atom. The molecule has 0 saturated carbocycles. The number of nitrogens with zero attached hydrogens (tertiary/aromatic N) is 5. The molecule has 3 aromatic heterocycles. The molecule has 9 aromatic rings. The molecule has 5 nitrogen and oxygen atoms in total. The molecule has 7 heteroatoms. The first kappa shape index (κ1) is 35.4. The van der Waals surface area contributed by atoms with Gasteiger partial charge in [0.15, 0.2) is 0 Å². The second-order valence-electron chi connectivity index (χ2n) is 18.9. The van der Waals surface area contributed by atoms with Crippen molar-refractivity contribution in [1.29, 1.82) is 0 Å². The Bertz CT molecular complexity index is 3510. The van der Waals surface area contributed by atoms with E-state index >= 15 is 0 Å². The van der Waals surface area contributed by atoms with Gasteiger partial charge in [-0.2, -0.15) is 24.3 Å². The molecule has 12 rings (SSSR count). The van der Waals surface area contributed by atoms with Crippen LogP contribution in [0.1, 0.15) is 88.3 Å². The van der Waals surface area contributed by atoms with E-state index in [9.17, 15) is 0 Å². The number of hydrogen-bond donors (Lipinski definition) is 0. The van der Waals surface area contributed by atoms with Gasteiger partial charge in [-0.1, -0.05) is 135 Å². The van der Waals surface area contributed by atoms with E-state index in [1.165, 1.54) is 22.4 Å². The van der Waals surface area contributed by atoms with Gasteiger partial charge in [-0.15, -0.1) is 35.7 Å². The van der Waals surface area contributed by atoms with Crippen molar-refractivity contribution in [3.8, 4) is 11.3 Å². The first-order chi connectivity index (χ1) is 32.8. The van der Waals surface area contributed by atoms with Crippen molar-refractivity contribution in [1.82, 2.24) is 14.4 Å². The zero-order valence-corrected chi connectivity index (χ0v) is 39.5. The van der Waals surface area contributed by atoms with E-state index in [0.29, 0.717) is 17.1 Å². The number of aryl methyl sites for hydroxylation is 4. The fourth-order valence-electron chi connectivity index (χ4n) is 11.4. The van der Waals surface area contributed by atoms with Crippen LogP contribution < -0.4 is 15.1 Å². The number of pyridine rings is 2. The van der Waals surface area contributed by atoms with Crippen LogP contribution in [-0.2, 0) is 36.4 Å². The van der Waals surface area contributed by atoms with Crippen molar-refractivity contribution < 1.29 is 28.3 Å². The molecule has 0 amide bonds. The molecule has 3 aliphatic rings. The monoisotopic (exact) mass is 1020 g/mol. The normalized spacial score (nSPS) is 19.3. The summed E-state index contributed by atoms with van der Waals surface area (Å²) in [6.07, 6.45) is 2.54. The predicted octanol–water partition coefficient (Wildman–Crippen LogP) is 13.1. The molecule has 2 aliphatic heterocycles. The van der Waals surface area contributed by atoms with Crippen molar-refractivity contribution in [2.45, 2.75) is 84.8 Å². The van der Waals surface area contributed by atoms with Gasteiger partial charge >= 0.3 is 6.98 Å². The van der Waals surface area contributed by atoms with Crippen molar-refractivity contribution in [3.63, 3.8) is 0 Å². The number of hydrogen-bond acceptors (Lipinski definition) is 4. The zero-order valence-electron chi connectivity index (χ0n) is 43.1. The zero-order chi connectivity index (χ0) is 48.6. The average Bonchev–Trinajstić information content (AvgIpc) is 3.87. The largest absolute Gasteiger partial charge is 0.420 e. The Kier molecular flexibility index (Phi) is 8.31. The Balaban J connectivity index is 0.000000161. The maximum absolute atomic E-state index is 8.39. The van der Waals surface area contributed by atoms with Crippen LogP contribution in [0.5, 0.6) is 0 Å². The molecule has 6 aromatic carbocycles. The third-order valence-electron chi connectivity index (χ3n) is 14.6. The molecule has 0 bridgehead atoms. The third kappa shape index (κ3) is 5.86. The van der Waals surface area contributed by atoms with Gasteiger partial charge in [0.25, 0.3) is 0 Å². The van der Waals surface area contributed by atoms with Crippen LogP contribution in [0.2, 0.25) is 0 Å². The predicted molar refractivity (Wildman–Crippen MR) is 264 cm³/mol. The molecular formula is C57H52BIrN5-2. The summed E-state index contributed by atoms with van der Waals surface area (Å²) in [7, 11) is 0. The van der Waals surface area contributed by atoms with E-state index in [0.717, 1.165) is 67.4 Å². The second-order valence-corrected chi connectivity index (χ2v) is 18.9. The van der Waals surface area contributed by atoms with Gasteiger partial charge in [0.2, 0.25) is 0 Å². The first-order valence-electron chi connectivity index (χ1n) is 24.8. The van der Waals surface area contributed by atoms with E-state index in [2.05, 4.69) is 117 Å². The summed E-state index contributed by atoms with van der Waals surface area (Å²) >= 11 is 0. The smallest absolute Gasteiger partial charge is 0.367 e. The molecule has 0 spiro atoms. The van der Waals surface area contributed by atoms with E-state index in [4.69, 9.17) is 18.2 Å². The fraction of sp³-hybridized carbons (Fsp3) is 0.228. The van der Waals surface area contributed by atoms with E-state index < -0.39 is 13.7 Å². The Morgan fingerprint density at radius 2 is 1.42 bits per heavy atom. The molecule has 0 N–H and O–H groups in total. The number of fused-ring (bicyclic) bond motifs is 6. The van der Waals surface area contributed by atoms with Gasteiger partial charge in [0, 0.05) is 67.8 Å². The Morgan fingerprint density at radius 1 is 0.688 bits per heavy atom. The number of benzene rings is 6. The molecule has 5 heterocycles. The maximum atomic E-state index is 8.39. The Labute approximate surface area is 400 Å². The van der Waals surface area contributed by atoms with Crippen LogP contribution in [-0.4, -0.2) is 21.4 Å². The van der Waals surface area contributed by atoms with Gasteiger partial charge in [0.1, 0.15) is 5.82 Å². The maximum Gasteiger partial charge on any atom is 0.420 e. The molecule has 1 aliphatic carbocycles. The summed E-state index contributed by atoms with van der Waals surface area (Å²) in [6.45, 7) is 11.1. The quantitative estimate of drug-likeness (QED) is 0.100. The van der Waals surface area contributed by atoms with Crippen LogP contribution in [0.4, 0.5) is 22.9 Å². The minimum Gasteiger partial charge on any atom is -0.367 e. The topological polar surface area (TPSA) is 36.7 Å². The number of imidazole rings is 1. The minimum absolute atomic E-state index is 0.